The SMILES string of the molecule is CNC(=O)c1c(NC(=O)O)cnc(Cl)c1F. The second-order valence-electron chi connectivity index (χ2n) is 2.66. The van der Waals surface area contributed by atoms with E-state index in [0.717, 1.165) is 6.20 Å². The first kappa shape index (κ1) is 12.2. The maximum absolute atomic E-state index is 13.5. The molecule has 1 heterocycles. The van der Waals surface area contributed by atoms with Gasteiger partial charge in [0.2, 0.25) is 0 Å². The maximum Gasteiger partial charge on any atom is 0.409 e. The molecule has 8 heteroatoms. The van der Waals surface area contributed by atoms with Gasteiger partial charge >= 0.3 is 6.09 Å². The highest BCUT2D eigenvalue weighted by Crippen LogP contribution is 2.23. The number of rotatable bonds is 2. The number of carbonyl (C=O) groups is 2. The Morgan fingerprint density at radius 2 is 2.19 bits per heavy atom. The molecule has 0 unspecified atom stereocenters. The highest BCUT2D eigenvalue weighted by Gasteiger charge is 2.20. The first-order chi connectivity index (χ1) is 7.47. The lowest BCUT2D eigenvalue weighted by molar-refractivity contribution is 0.0960. The van der Waals surface area contributed by atoms with Crippen LogP contribution in [0, 0.1) is 5.82 Å². The fourth-order valence-electron chi connectivity index (χ4n) is 1.02. The predicted molar refractivity (Wildman–Crippen MR) is 54.2 cm³/mol. The van der Waals surface area contributed by atoms with E-state index in [4.69, 9.17) is 16.7 Å². The third-order valence-electron chi connectivity index (χ3n) is 1.67. The molecule has 0 saturated carbocycles. The number of carboxylic acid groups (broad SMARTS) is 1. The number of pyridine rings is 1. The Labute approximate surface area is 94.4 Å². The Kier molecular flexibility index (Phi) is 3.62. The summed E-state index contributed by atoms with van der Waals surface area (Å²) in [6, 6.07) is 0. The van der Waals surface area contributed by atoms with Crippen LogP contribution in [0.15, 0.2) is 6.20 Å². The molecule has 1 aromatic heterocycles. The molecule has 3 N–H and O–H groups in total. The average molecular weight is 248 g/mol. The van der Waals surface area contributed by atoms with E-state index < -0.39 is 28.5 Å². The van der Waals surface area contributed by atoms with Gasteiger partial charge in [0.1, 0.15) is 5.56 Å². The summed E-state index contributed by atoms with van der Waals surface area (Å²) >= 11 is 5.38. The number of amides is 2. The van der Waals surface area contributed by atoms with E-state index in [1.165, 1.54) is 7.05 Å². The summed E-state index contributed by atoms with van der Waals surface area (Å²) < 4.78 is 13.5. The number of nitrogens with one attached hydrogen (secondary N) is 2. The van der Waals surface area contributed by atoms with Crippen LogP contribution in [0.2, 0.25) is 5.15 Å². The van der Waals surface area contributed by atoms with Gasteiger partial charge in [-0.05, 0) is 0 Å². The molecule has 0 aromatic carbocycles. The second-order valence-corrected chi connectivity index (χ2v) is 3.02. The minimum Gasteiger partial charge on any atom is -0.465 e. The van der Waals surface area contributed by atoms with Gasteiger partial charge in [-0.1, -0.05) is 11.6 Å². The number of aromatic nitrogens is 1. The van der Waals surface area contributed by atoms with Crippen molar-refractivity contribution in [3.8, 4) is 0 Å². The van der Waals surface area contributed by atoms with Crippen LogP contribution in [0.5, 0.6) is 0 Å². The Morgan fingerprint density at radius 1 is 1.56 bits per heavy atom. The molecule has 0 atom stereocenters. The van der Waals surface area contributed by atoms with Crippen LogP contribution in [0.4, 0.5) is 14.9 Å². The fraction of sp³-hybridized carbons (Fsp3) is 0.125. The van der Waals surface area contributed by atoms with Crippen molar-refractivity contribution < 1.29 is 19.1 Å². The lowest BCUT2D eigenvalue weighted by Crippen LogP contribution is -2.23. The number of nitrogens with zero attached hydrogens (tertiary/aromatic N) is 1. The van der Waals surface area contributed by atoms with Gasteiger partial charge in [-0.25, -0.2) is 14.2 Å². The molecule has 0 fully saturated rings. The monoisotopic (exact) mass is 247 g/mol. The minimum absolute atomic E-state index is 0.270. The zero-order chi connectivity index (χ0) is 12.3. The molecule has 0 spiro atoms. The van der Waals surface area contributed by atoms with Crippen molar-refractivity contribution in [1.82, 2.24) is 10.3 Å². The van der Waals surface area contributed by atoms with Crippen molar-refractivity contribution in [2.75, 3.05) is 12.4 Å². The molecule has 1 aromatic rings. The van der Waals surface area contributed by atoms with Crippen LogP contribution in [0.1, 0.15) is 10.4 Å². The molecule has 6 nitrogen and oxygen atoms in total. The standard InChI is InChI=1S/C8H7ClFN3O3/c1-11-7(14)4-3(13-8(15)16)2-12-6(9)5(4)10/h2,13H,1H3,(H,11,14)(H,15,16). The predicted octanol–water partition coefficient (Wildman–Crippen LogP) is 1.32. The smallest absolute Gasteiger partial charge is 0.409 e. The summed E-state index contributed by atoms with van der Waals surface area (Å²) in [6.07, 6.45) is -0.474. The number of carbonyl (C=O) groups excluding carboxylic acids is 1. The zero-order valence-corrected chi connectivity index (χ0v) is 8.80. The van der Waals surface area contributed by atoms with E-state index in [2.05, 4.69) is 10.3 Å². The van der Waals surface area contributed by atoms with Crippen LogP contribution in [0.25, 0.3) is 0 Å². The molecule has 0 bridgehead atoms. The van der Waals surface area contributed by atoms with Crippen molar-refractivity contribution in [3.05, 3.63) is 22.7 Å². The van der Waals surface area contributed by atoms with Gasteiger partial charge in [0.25, 0.3) is 5.91 Å². The van der Waals surface area contributed by atoms with Crippen LogP contribution in [0.3, 0.4) is 0 Å². The molecule has 2 amide bonds. The largest absolute Gasteiger partial charge is 0.465 e. The molecule has 1 rings (SSSR count). The normalized spacial score (nSPS) is 9.69. The van der Waals surface area contributed by atoms with Crippen LogP contribution in [-0.2, 0) is 0 Å². The number of anilines is 1. The summed E-state index contributed by atoms with van der Waals surface area (Å²) in [7, 11) is 1.28. The molecule has 0 radical (unpaired) electrons. The first-order valence-corrected chi connectivity index (χ1v) is 4.41. The van der Waals surface area contributed by atoms with Crippen molar-refractivity contribution in [3.63, 3.8) is 0 Å². The van der Waals surface area contributed by atoms with Crippen molar-refractivity contribution in [2.45, 2.75) is 0 Å². The van der Waals surface area contributed by atoms with E-state index >= 15 is 0 Å². The minimum atomic E-state index is -1.44. The summed E-state index contributed by atoms with van der Waals surface area (Å²) in [6.45, 7) is 0. The molecule has 86 valence electrons. The van der Waals surface area contributed by atoms with Gasteiger partial charge in [0, 0.05) is 7.05 Å². The van der Waals surface area contributed by atoms with Gasteiger partial charge < -0.3 is 10.4 Å². The van der Waals surface area contributed by atoms with Gasteiger partial charge in [0.05, 0.1) is 11.9 Å². The molecule has 0 saturated heterocycles. The maximum atomic E-state index is 13.5. The fourth-order valence-corrected chi connectivity index (χ4v) is 1.16. The summed E-state index contributed by atoms with van der Waals surface area (Å²) in [5.74, 6) is -1.88. The highest BCUT2D eigenvalue weighted by molar-refractivity contribution is 6.30. The lowest BCUT2D eigenvalue weighted by Gasteiger charge is -2.09. The van der Waals surface area contributed by atoms with Gasteiger partial charge in [-0.3, -0.25) is 10.1 Å². The quantitative estimate of drug-likeness (QED) is 0.688. The summed E-state index contributed by atoms with van der Waals surface area (Å²) in [4.78, 5) is 25.1. The van der Waals surface area contributed by atoms with Gasteiger partial charge in [0.15, 0.2) is 11.0 Å². The van der Waals surface area contributed by atoms with Gasteiger partial charge in [-0.2, -0.15) is 0 Å². The Bertz CT molecular complexity index is 452. The molecule has 16 heavy (non-hydrogen) atoms. The van der Waals surface area contributed by atoms with E-state index in [9.17, 15) is 14.0 Å². The Morgan fingerprint density at radius 3 is 2.69 bits per heavy atom. The van der Waals surface area contributed by atoms with Crippen molar-refractivity contribution in [2.24, 2.45) is 0 Å². The van der Waals surface area contributed by atoms with Gasteiger partial charge in [-0.15, -0.1) is 0 Å². The summed E-state index contributed by atoms with van der Waals surface area (Å²) in [5, 5.41) is 12.0. The molecular formula is C8H7ClFN3O3. The lowest BCUT2D eigenvalue weighted by atomic mass is 10.2. The molecule has 0 aliphatic rings. The van der Waals surface area contributed by atoms with E-state index in [-0.39, 0.29) is 5.69 Å². The first-order valence-electron chi connectivity index (χ1n) is 4.03. The van der Waals surface area contributed by atoms with Crippen LogP contribution < -0.4 is 10.6 Å². The van der Waals surface area contributed by atoms with E-state index in [1.54, 1.807) is 0 Å². The molecule has 0 aliphatic heterocycles. The Hall–Kier alpha value is -1.89. The average Bonchev–Trinajstić information content (AvgIpc) is 2.22. The van der Waals surface area contributed by atoms with E-state index in [0.29, 0.717) is 0 Å². The molecular weight excluding hydrogens is 241 g/mol. The highest BCUT2D eigenvalue weighted by atomic mass is 35.5. The third kappa shape index (κ3) is 2.37. The van der Waals surface area contributed by atoms with Crippen LogP contribution >= 0.6 is 11.6 Å². The Balaban J connectivity index is 3.32. The topological polar surface area (TPSA) is 91.3 Å². The number of hydrogen-bond donors (Lipinski definition) is 3. The van der Waals surface area contributed by atoms with Crippen molar-refractivity contribution >= 4 is 29.3 Å². The second kappa shape index (κ2) is 4.75. The zero-order valence-electron chi connectivity index (χ0n) is 8.04. The van der Waals surface area contributed by atoms with E-state index in [1.807, 2.05) is 5.32 Å². The summed E-state index contributed by atoms with van der Waals surface area (Å²) in [5.41, 5.74) is -0.765. The number of halogens is 2. The van der Waals surface area contributed by atoms with Crippen LogP contribution in [-0.4, -0.2) is 29.1 Å². The van der Waals surface area contributed by atoms with Crippen molar-refractivity contribution in [1.29, 1.82) is 0 Å². The third-order valence-corrected chi connectivity index (χ3v) is 1.94. The number of hydrogen-bond acceptors (Lipinski definition) is 3. The molecule has 0 aliphatic carbocycles.